The summed E-state index contributed by atoms with van der Waals surface area (Å²) in [5, 5.41) is 11.9. The van der Waals surface area contributed by atoms with Crippen LogP contribution in [0.1, 0.15) is 114 Å². The molecule has 3 saturated carbocycles. The van der Waals surface area contributed by atoms with Gasteiger partial charge in [0.25, 0.3) is 0 Å². The summed E-state index contributed by atoms with van der Waals surface area (Å²) in [5.41, 5.74) is 2.41. The summed E-state index contributed by atoms with van der Waals surface area (Å²) in [6.45, 7) is 19.5. The molecule has 1 aliphatic heterocycles. The van der Waals surface area contributed by atoms with Crippen molar-refractivity contribution in [2.24, 2.45) is 39.4 Å². The Morgan fingerprint density at radius 2 is 1.73 bits per heavy atom. The molecule has 5 heteroatoms. The first-order chi connectivity index (χ1) is 17.0. The minimum Gasteiger partial charge on any atom is -0.460 e. The van der Waals surface area contributed by atoms with Crippen LogP contribution in [-0.4, -0.2) is 40.8 Å². The summed E-state index contributed by atoms with van der Waals surface area (Å²) in [4.78, 5) is 24.8. The number of allylic oxidation sites excluding steroid dienone is 1. The number of aliphatic hydroxyl groups is 1. The SMILES string of the molecule is CC(=O)O[C@H](C[C@H](C)C1=C2C[C@H](O)[C@@H]3[C@@]4(C)CCC(=O)C(C)(C)[C@@H]4CC[C@]3(C)[C@@]2(C)CC1)[C@H]1OC1(C)C. The van der Waals surface area contributed by atoms with Crippen molar-refractivity contribution >= 4 is 11.8 Å². The van der Waals surface area contributed by atoms with E-state index >= 15 is 0 Å². The van der Waals surface area contributed by atoms with Gasteiger partial charge in [0.2, 0.25) is 0 Å². The van der Waals surface area contributed by atoms with Gasteiger partial charge in [-0.05, 0) is 92.8 Å². The van der Waals surface area contributed by atoms with Crippen molar-refractivity contribution in [1.82, 2.24) is 0 Å². The fourth-order valence-electron chi connectivity index (χ4n) is 10.4. The lowest BCUT2D eigenvalue weighted by Crippen LogP contribution is -2.65. The van der Waals surface area contributed by atoms with Gasteiger partial charge in [-0.2, -0.15) is 0 Å². The molecule has 0 spiro atoms. The third kappa shape index (κ3) is 3.84. The molecule has 1 saturated heterocycles. The number of ether oxygens (including phenoxy) is 2. The zero-order chi connectivity index (χ0) is 27.3. The Bertz CT molecular complexity index is 1020. The molecular weight excluding hydrogens is 464 g/mol. The largest absolute Gasteiger partial charge is 0.460 e. The molecule has 5 rings (SSSR count). The number of ketones is 1. The smallest absolute Gasteiger partial charge is 0.302 e. The van der Waals surface area contributed by atoms with Gasteiger partial charge in [-0.15, -0.1) is 0 Å². The van der Waals surface area contributed by atoms with Crippen LogP contribution in [0, 0.1) is 39.4 Å². The van der Waals surface area contributed by atoms with Crippen molar-refractivity contribution in [2.75, 3.05) is 0 Å². The number of esters is 1. The Labute approximate surface area is 224 Å². The van der Waals surface area contributed by atoms with Gasteiger partial charge in [-0.25, -0.2) is 0 Å². The first kappa shape index (κ1) is 27.4. The van der Waals surface area contributed by atoms with E-state index in [1.54, 1.807) is 0 Å². The number of aliphatic hydroxyl groups excluding tert-OH is 1. The molecule has 0 aromatic heterocycles. The Morgan fingerprint density at radius 3 is 2.32 bits per heavy atom. The van der Waals surface area contributed by atoms with E-state index in [1.807, 2.05) is 0 Å². The summed E-state index contributed by atoms with van der Waals surface area (Å²) in [6, 6.07) is 0. The average molecular weight is 515 g/mol. The Balaban J connectivity index is 1.46. The van der Waals surface area contributed by atoms with Crippen molar-refractivity contribution in [3.05, 3.63) is 11.1 Å². The van der Waals surface area contributed by atoms with E-state index in [2.05, 4.69) is 55.4 Å². The maximum Gasteiger partial charge on any atom is 0.302 e. The first-order valence-corrected chi connectivity index (χ1v) is 14.8. The summed E-state index contributed by atoms with van der Waals surface area (Å²) < 4.78 is 11.7. The van der Waals surface area contributed by atoms with E-state index < -0.39 is 0 Å². The summed E-state index contributed by atoms with van der Waals surface area (Å²) in [7, 11) is 0. The monoisotopic (exact) mass is 514 g/mol. The molecule has 0 aromatic carbocycles. The van der Waals surface area contributed by atoms with Crippen molar-refractivity contribution in [3.63, 3.8) is 0 Å². The number of rotatable bonds is 5. The van der Waals surface area contributed by atoms with Crippen LogP contribution in [0.3, 0.4) is 0 Å². The molecule has 1 heterocycles. The number of Topliss-reactive ketones (excluding diaryl/α,β-unsaturated/α-hetero) is 1. The van der Waals surface area contributed by atoms with Gasteiger partial charge < -0.3 is 14.6 Å². The van der Waals surface area contributed by atoms with Crippen LogP contribution in [0.5, 0.6) is 0 Å². The second-order valence-electron chi connectivity index (χ2n) is 15.2. The Hall–Kier alpha value is -1.20. The number of epoxide rings is 1. The van der Waals surface area contributed by atoms with Crippen LogP contribution in [0.4, 0.5) is 0 Å². The van der Waals surface area contributed by atoms with Crippen LogP contribution >= 0.6 is 0 Å². The normalized spacial score (nSPS) is 45.4. The highest BCUT2D eigenvalue weighted by molar-refractivity contribution is 5.85. The van der Waals surface area contributed by atoms with Crippen molar-refractivity contribution < 1.29 is 24.2 Å². The van der Waals surface area contributed by atoms with E-state index in [1.165, 1.54) is 18.1 Å². The molecule has 0 aromatic rings. The van der Waals surface area contributed by atoms with Gasteiger partial charge in [-0.3, -0.25) is 9.59 Å². The van der Waals surface area contributed by atoms with Crippen LogP contribution in [0.2, 0.25) is 0 Å². The molecule has 208 valence electrons. The van der Waals surface area contributed by atoms with E-state index in [0.29, 0.717) is 18.1 Å². The number of fused-ring (bicyclic) bond motifs is 5. The minimum absolute atomic E-state index is 0.0000676. The predicted molar refractivity (Wildman–Crippen MR) is 144 cm³/mol. The molecule has 0 radical (unpaired) electrons. The van der Waals surface area contributed by atoms with E-state index in [-0.39, 0.29) is 63.4 Å². The summed E-state index contributed by atoms with van der Waals surface area (Å²) >= 11 is 0. The zero-order valence-electron chi connectivity index (χ0n) is 24.7. The number of carbonyl (C=O) groups is 2. The molecule has 5 aliphatic rings. The van der Waals surface area contributed by atoms with Crippen LogP contribution in [-0.2, 0) is 19.1 Å². The highest BCUT2D eigenvalue weighted by Gasteiger charge is 2.69. The van der Waals surface area contributed by atoms with Gasteiger partial charge >= 0.3 is 5.97 Å². The molecule has 0 amide bonds. The van der Waals surface area contributed by atoms with Crippen LogP contribution in [0.25, 0.3) is 0 Å². The molecule has 37 heavy (non-hydrogen) atoms. The van der Waals surface area contributed by atoms with E-state index in [4.69, 9.17) is 9.47 Å². The van der Waals surface area contributed by atoms with Crippen LogP contribution < -0.4 is 0 Å². The second kappa shape index (κ2) is 8.40. The second-order valence-corrected chi connectivity index (χ2v) is 15.2. The molecule has 9 atom stereocenters. The lowest BCUT2D eigenvalue weighted by molar-refractivity contribution is -0.208. The molecule has 0 unspecified atom stereocenters. The fourth-order valence-corrected chi connectivity index (χ4v) is 10.4. The van der Waals surface area contributed by atoms with Gasteiger partial charge in [0.15, 0.2) is 0 Å². The lowest BCUT2D eigenvalue weighted by Gasteiger charge is -2.69. The highest BCUT2D eigenvalue weighted by atomic mass is 16.6. The quantitative estimate of drug-likeness (QED) is 0.261. The van der Waals surface area contributed by atoms with Crippen molar-refractivity contribution in [2.45, 2.75) is 138 Å². The standard InChI is InChI=1S/C32H50O5/c1-18(16-23(36-19(2)33)27-29(5,6)37-27)20-10-14-31(8)21(20)17-22(34)26-30(7)13-12-25(35)28(3,4)24(30)11-15-32(26,31)9/h18,22-24,26-27,34H,10-17H2,1-9H3/t18-,22-,23+,24-,26+,27+,30-,31-,32-/m0/s1. The topological polar surface area (TPSA) is 76.1 Å². The fraction of sp³-hybridized carbons (Fsp3) is 0.875. The molecule has 4 aliphatic carbocycles. The lowest BCUT2D eigenvalue weighted by atomic mass is 9.36. The predicted octanol–water partition coefficient (Wildman–Crippen LogP) is 6.41. The molecule has 1 N–H and O–H groups in total. The number of hydrogen-bond donors (Lipinski definition) is 1. The minimum atomic E-state index is -0.389. The van der Waals surface area contributed by atoms with Gasteiger partial charge in [-0.1, -0.05) is 52.7 Å². The molecular formula is C32H50O5. The molecule has 0 bridgehead atoms. The van der Waals surface area contributed by atoms with Crippen molar-refractivity contribution in [1.29, 1.82) is 0 Å². The molecule has 5 nitrogen and oxygen atoms in total. The summed E-state index contributed by atoms with van der Waals surface area (Å²) in [6.07, 6.45) is 6.64. The zero-order valence-corrected chi connectivity index (χ0v) is 24.7. The van der Waals surface area contributed by atoms with E-state index in [0.717, 1.165) is 44.9 Å². The maximum atomic E-state index is 12.9. The highest BCUT2D eigenvalue weighted by Crippen LogP contribution is 2.74. The average Bonchev–Trinajstić information content (AvgIpc) is 3.27. The van der Waals surface area contributed by atoms with Gasteiger partial charge in [0.1, 0.15) is 18.0 Å². The van der Waals surface area contributed by atoms with Gasteiger partial charge in [0, 0.05) is 18.8 Å². The van der Waals surface area contributed by atoms with E-state index in [9.17, 15) is 14.7 Å². The third-order valence-corrected chi connectivity index (χ3v) is 12.5. The Morgan fingerprint density at radius 1 is 1.08 bits per heavy atom. The first-order valence-electron chi connectivity index (χ1n) is 14.8. The third-order valence-electron chi connectivity index (χ3n) is 12.5. The number of hydrogen-bond acceptors (Lipinski definition) is 5. The van der Waals surface area contributed by atoms with Gasteiger partial charge in [0.05, 0.1) is 11.7 Å². The number of carbonyl (C=O) groups excluding carboxylic acids is 2. The van der Waals surface area contributed by atoms with Crippen molar-refractivity contribution in [3.8, 4) is 0 Å². The Kier molecular flexibility index (Phi) is 6.21. The van der Waals surface area contributed by atoms with Crippen LogP contribution in [0.15, 0.2) is 11.1 Å². The molecule has 4 fully saturated rings. The maximum absolute atomic E-state index is 12.9. The summed E-state index contributed by atoms with van der Waals surface area (Å²) in [5.74, 6) is 0.947.